The van der Waals surface area contributed by atoms with Crippen LogP contribution in [0.25, 0.3) is 0 Å². The van der Waals surface area contributed by atoms with Gasteiger partial charge in [-0.2, -0.15) is 17.5 Å². The molecule has 3 rings (SSSR count). The number of nitrogens with zero attached hydrogens (tertiary/aromatic N) is 2. The van der Waals surface area contributed by atoms with Crippen LogP contribution in [0.1, 0.15) is 15.9 Å². The first-order valence-electron chi connectivity index (χ1n) is 8.60. The number of hydrogen-bond donors (Lipinski definition) is 2. The van der Waals surface area contributed by atoms with Crippen molar-refractivity contribution >= 4 is 21.6 Å². The van der Waals surface area contributed by atoms with Gasteiger partial charge in [-0.15, -0.1) is 0 Å². The van der Waals surface area contributed by atoms with Crippen molar-refractivity contribution in [2.24, 2.45) is 0 Å². The predicted octanol–water partition coefficient (Wildman–Crippen LogP) is 2.34. The van der Waals surface area contributed by atoms with Crippen molar-refractivity contribution in [3.63, 3.8) is 0 Å². The molecule has 1 saturated heterocycles. The maximum absolute atomic E-state index is 13.2. The molecular formula is C18H18F3N3O4S. The second-order valence-corrected chi connectivity index (χ2v) is 8.28. The minimum Gasteiger partial charge on any atom is -0.369 e. The zero-order valence-electron chi connectivity index (χ0n) is 15.1. The van der Waals surface area contributed by atoms with Crippen LogP contribution in [-0.2, 0) is 16.2 Å². The van der Waals surface area contributed by atoms with Gasteiger partial charge in [-0.05, 0) is 36.4 Å². The topological polar surface area (TPSA) is 89.9 Å². The summed E-state index contributed by atoms with van der Waals surface area (Å²) in [5, 5.41) is 8.63. The molecule has 1 amide bonds. The molecule has 156 valence electrons. The predicted molar refractivity (Wildman–Crippen MR) is 98.1 cm³/mol. The van der Waals surface area contributed by atoms with Crippen molar-refractivity contribution in [1.29, 1.82) is 0 Å². The van der Waals surface area contributed by atoms with E-state index in [2.05, 4.69) is 0 Å². The molecule has 2 N–H and O–H groups in total. The second kappa shape index (κ2) is 8.01. The summed E-state index contributed by atoms with van der Waals surface area (Å²) >= 11 is 0. The van der Waals surface area contributed by atoms with Gasteiger partial charge in [0.05, 0.1) is 10.5 Å². The molecule has 11 heteroatoms. The SMILES string of the molecule is O=C(NO)c1ccc(N2CCN(S(=O)(=O)c3ccccc3C(F)(F)F)CC2)cc1. The monoisotopic (exact) mass is 429 g/mol. The molecule has 2 aromatic rings. The number of sulfonamides is 1. The Balaban J connectivity index is 1.75. The molecule has 2 aromatic carbocycles. The Morgan fingerprint density at radius 1 is 0.966 bits per heavy atom. The van der Waals surface area contributed by atoms with E-state index in [0.29, 0.717) is 0 Å². The van der Waals surface area contributed by atoms with Crippen LogP contribution in [0.4, 0.5) is 18.9 Å². The third-order valence-electron chi connectivity index (χ3n) is 4.65. The zero-order chi connectivity index (χ0) is 21.2. The van der Waals surface area contributed by atoms with E-state index in [1.54, 1.807) is 12.1 Å². The highest BCUT2D eigenvalue weighted by molar-refractivity contribution is 7.89. The Bertz CT molecular complexity index is 986. The summed E-state index contributed by atoms with van der Waals surface area (Å²) < 4.78 is 66.3. The first kappa shape index (κ1) is 21.1. The number of nitrogens with one attached hydrogen (secondary N) is 1. The normalized spacial score (nSPS) is 15.9. The number of hydroxylamine groups is 1. The number of rotatable bonds is 4. The Morgan fingerprint density at radius 2 is 1.55 bits per heavy atom. The smallest absolute Gasteiger partial charge is 0.369 e. The Hall–Kier alpha value is -2.63. The maximum Gasteiger partial charge on any atom is 0.417 e. The van der Waals surface area contributed by atoms with Crippen LogP contribution in [0, 0.1) is 0 Å². The fourth-order valence-corrected chi connectivity index (χ4v) is 4.77. The first-order valence-corrected chi connectivity index (χ1v) is 10.0. The number of hydrogen-bond acceptors (Lipinski definition) is 5. The van der Waals surface area contributed by atoms with Crippen LogP contribution >= 0.6 is 0 Å². The third-order valence-corrected chi connectivity index (χ3v) is 6.60. The summed E-state index contributed by atoms with van der Waals surface area (Å²) in [7, 11) is -4.30. The Kier molecular flexibility index (Phi) is 5.82. The van der Waals surface area contributed by atoms with Gasteiger partial charge >= 0.3 is 6.18 Å². The van der Waals surface area contributed by atoms with E-state index in [4.69, 9.17) is 5.21 Å². The van der Waals surface area contributed by atoms with Gasteiger partial charge in [0.1, 0.15) is 0 Å². The fourth-order valence-electron chi connectivity index (χ4n) is 3.14. The number of halogens is 3. The van der Waals surface area contributed by atoms with E-state index in [9.17, 15) is 26.4 Å². The maximum atomic E-state index is 13.2. The molecule has 29 heavy (non-hydrogen) atoms. The van der Waals surface area contributed by atoms with E-state index in [1.165, 1.54) is 23.7 Å². The van der Waals surface area contributed by atoms with Crippen LogP contribution in [0.15, 0.2) is 53.4 Å². The standard InChI is InChI=1S/C18H18F3N3O4S/c19-18(20,21)15-3-1-2-4-16(15)29(27,28)24-11-9-23(10-12-24)14-7-5-13(6-8-14)17(25)22-26/h1-8,26H,9-12H2,(H,22,25). The molecule has 0 radical (unpaired) electrons. The molecule has 1 aliphatic rings. The molecule has 1 fully saturated rings. The van der Waals surface area contributed by atoms with Gasteiger partial charge in [-0.1, -0.05) is 12.1 Å². The van der Waals surface area contributed by atoms with Gasteiger partial charge in [0.2, 0.25) is 10.0 Å². The molecule has 0 aliphatic carbocycles. The zero-order valence-corrected chi connectivity index (χ0v) is 15.9. The van der Waals surface area contributed by atoms with Crippen molar-refractivity contribution in [3.8, 4) is 0 Å². The van der Waals surface area contributed by atoms with Crippen LogP contribution in [0.5, 0.6) is 0 Å². The van der Waals surface area contributed by atoms with E-state index >= 15 is 0 Å². The molecule has 0 bridgehead atoms. The summed E-state index contributed by atoms with van der Waals surface area (Å²) in [5.41, 5.74) is 1.33. The molecule has 0 atom stereocenters. The lowest BCUT2D eigenvalue weighted by atomic mass is 10.2. The number of amides is 1. The van der Waals surface area contributed by atoms with E-state index in [-0.39, 0.29) is 31.7 Å². The molecular weight excluding hydrogens is 411 g/mol. The number of carbonyl (C=O) groups excluding carboxylic acids is 1. The number of carbonyl (C=O) groups is 1. The average molecular weight is 429 g/mol. The van der Waals surface area contributed by atoms with Crippen LogP contribution < -0.4 is 10.4 Å². The first-order chi connectivity index (χ1) is 13.6. The lowest BCUT2D eigenvalue weighted by Gasteiger charge is -2.35. The van der Waals surface area contributed by atoms with Gasteiger partial charge in [-0.3, -0.25) is 10.0 Å². The van der Waals surface area contributed by atoms with E-state index in [0.717, 1.165) is 28.2 Å². The van der Waals surface area contributed by atoms with Crippen molar-refractivity contribution in [2.45, 2.75) is 11.1 Å². The molecule has 0 unspecified atom stereocenters. The van der Waals surface area contributed by atoms with Crippen molar-refractivity contribution in [1.82, 2.24) is 9.79 Å². The number of alkyl halides is 3. The van der Waals surface area contributed by atoms with E-state index < -0.39 is 32.6 Å². The summed E-state index contributed by atoms with van der Waals surface area (Å²) in [6, 6.07) is 10.4. The average Bonchev–Trinajstić information content (AvgIpc) is 2.73. The molecule has 0 aromatic heterocycles. The second-order valence-electron chi connectivity index (χ2n) is 6.37. The Labute approximate surface area is 165 Å². The van der Waals surface area contributed by atoms with Gasteiger partial charge in [0.15, 0.2) is 0 Å². The van der Waals surface area contributed by atoms with Gasteiger partial charge in [-0.25, -0.2) is 13.9 Å². The van der Waals surface area contributed by atoms with Crippen molar-refractivity contribution in [2.75, 3.05) is 31.1 Å². The molecule has 1 heterocycles. The number of piperazine rings is 1. The summed E-state index contributed by atoms with van der Waals surface area (Å²) in [6.07, 6.45) is -4.77. The third kappa shape index (κ3) is 4.36. The van der Waals surface area contributed by atoms with Gasteiger partial charge < -0.3 is 4.90 Å². The van der Waals surface area contributed by atoms with Gasteiger partial charge in [0, 0.05) is 37.4 Å². The van der Waals surface area contributed by atoms with Crippen molar-refractivity contribution < 1.29 is 31.6 Å². The number of anilines is 1. The fraction of sp³-hybridized carbons (Fsp3) is 0.278. The summed E-state index contributed by atoms with van der Waals surface area (Å²) in [4.78, 5) is 12.5. The summed E-state index contributed by atoms with van der Waals surface area (Å²) in [6.45, 7) is 0.596. The molecule has 1 aliphatic heterocycles. The highest BCUT2D eigenvalue weighted by Crippen LogP contribution is 2.35. The molecule has 0 spiro atoms. The highest BCUT2D eigenvalue weighted by atomic mass is 32.2. The van der Waals surface area contributed by atoms with Crippen LogP contribution in [0.3, 0.4) is 0 Å². The minimum absolute atomic E-state index is 0.0212. The van der Waals surface area contributed by atoms with E-state index in [1.807, 2.05) is 4.90 Å². The number of benzene rings is 2. The lowest BCUT2D eigenvalue weighted by molar-refractivity contribution is -0.139. The van der Waals surface area contributed by atoms with Gasteiger partial charge in [0.25, 0.3) is 5.91 Å². The highest BCUT2D eigenvalue weighted by Gasteiger charge is 2.39. The van der Waals surface area contributed by atoms with Crippen LogP contribution in [0.2, 0.25) is 0 Å². The molecule has 7 nitrogen and oxygen atoms in total. The Morgan fingerprint density at radius 3 is 2.10 bits per heavy atom. The minimum atomic E-state index is -4.77. The molecule has 0 saturated carbocycles. The quantitative estimate of drug-likeness (QED) is 0.575. The summed E-state index contributed by atoms with van der Waals surface area (Å²) in [5.74, 6) is -0.657. The lowest BCUT2D eigenvalue weighted by Crippen LogP contribution is -2.49. The van der Waals surface area contributed by atoms with Crippen LogP contribution in [-0.4, -0.2) is 50.0 Å². The van der Waals surface area contributed by atoms with Crippen molar-refractivity contribution in [3.05, 3.63) is 59.7 Å². The largest absolute Gasteiger partial charge is 0.417 e.